The minimum atomic E-state index is -1.08. The maximum absolute atomic E-state index is 11.9. The molecule has 0 bridgehead atoms. The number of morpholine rings is 1. The number of carboxylic acids is 1. The van der Waals surface area contributed by atoms with Gasteiger partial charge < -0.3 is 25.8 Å². The molecule has 1 fully saturated rings. The van der Waals surface area contributed by atoms with Gasteiger partial charge in [-0.25, -0.2) is 0 Å². The fraction of sp³-hybridized carbons (Fsp3) is 0.800. The molecule has 17 heavy (non-hydrogen) atoms. The van der Waals surface area contributed by atoms with Gasteiger partial charge in [0.2, 0.25) is 5.91 Å². The summed E-state index contributed by atoms with van der Waals surface area (Å²) in [4.78, 5) is 24.1. The van der Waals surface area contributed by atoms with Crippen molar-refractivity contribution in [1.29, 1.82) is 0 Å². The molecule has 1 heterocycles. The summed E-state index contributed by atoms with van der Waals surface area (Å²) >= 11 is 0. The van der Waals surface area contributed by atoms with E-state index >= 15 is 0 Å². The molecule has 0 aliphatic carbocycles. The minimum Gasteiger partial charge on any atom is -0.480 e. The van der Waals surface area contributed by atoms with Crippen molar-refractivity contribution >= 4 is 11.9 Å². The molecule has 0 aromatic heterocycles. The highest BCUT2D eigenvalue weighted by atomic mass is 16.5. The molecular formula is C10H19N3O4. The van der Waals surface area contributed by atoms with Crippen LogP contribution < -0.4 is 11.1 Å². The molecular weight excluding hydrogens is 226 g/mol. The largest absolute Gasteiger partial charge is 0.480 e. The number of carboxylic acid groups (broad SMARTS) is 1. The highest BCUT2D eigenvalue weighted by Gasteiger charge is 2.23. The molecule has 0 spiro atoms. The fourth-order valence-electron chi connectivity index (χ4n) is 1.54. The summed E-state index contributed by atoms with van der Waals surface area (Å²) in [6.45, 7) is 4.03. The molecule has 98 valence electrons. The highest BCUT2D eigenvalue weighted by Crippen LogP contribution is 2.00. The van der Waals surface area contributed by atoms with E-state index in [-0.39, 0.29) is 12.5 Å². The monoisotopic (exact) mass is 245 g/mol. The standard InChI is InChI=1S/C10H19N3O4/c1-7(12-6-8(11)10(15)16)9(14)13-2-4-17-5-3-13/h7-8,12H,2-6,11H2,1H3,(H,15,16). The van der Waals surface area contributed by atoms with Crippen molar-refractivity contribution < 1.29 is 19.4 Å². The molecule has 0 aromatic carbocycles. The summed E-state index contributed by atoms with van der Waals surface area (Å²) < 4.78 is 5.15. The molecule has 1 amide bonds. The van der Waals surface area contributed by atoms with Crippen molar-refractivity contribution in [3.8, 4) is 0 Å². The van der Waals surface area contributed by atoms with E-state index in [1.54, 1.807) is 11.8 Å². The van der Waals surface area contributed by atoms with E-state index in [0.717, 1.165) is 0 Å². The van der Waals surface area contributed by atoms with E-state index < -0.39 is 18.1 Å². The number of nitrogens with zero attached hydrogens (tertiary/aromatic N) is 1. The van der Waals surface area contributed by atoms with Crippen molar-refractivity contribution in [3.05, 3.63) is 0 Å². The summed E-state index contributed by atoms with van der Waals surface area (Å²) in [5.74, 6) is -1.13. The van der Waals surface area contributed by atoms with Gasteiger partial charge in [0.25, 0.3) is 0 Å². The number of hydrogen-bond donors (Lipinski definition) is 3. The van der Waals surface area contributed by atoms with E-state index in [9.17, 15) is 9.59 Å². The molecule has 2 atom stereocenters. The lowest BCUT2D eigenvalue weighted by Crippen LogP contribution is -2.52. The Bertz CT molecular complexity index is 279. The van der Waals surface area contributed by atoms with Gasteiger partial charge in [-0.05, 0) is 6.92 Å². The Morgan fingerprint density at radius 3 is 2.59 bits per heavy atom. The minimum absolute atomic E-state index is 0.0501. The lowest BCUT2D eigenvalue weighted by atomic mass is 10.2. The lowest BCUT2D eigenvalue weighted by molar-refractivity contribution is -0.140. The molecule has 0 radical (unpaired) electrons. The van der Waals surface area contributed by atoms with Crippen LogP contribution >= 0.6 is 0 Å². The van der Waals surface area contributed by atoms with Crippen LogP contribution in [0.2, 0.25) is 0 Å². The summed E-state index contributed by atoms with van der Waals surface area (Å²) in [7, 11) is 0. The van der Waals surface area contributed by atoms with E-state index in [1.807, 2.05) is 0 Å². The number of hydrogen-bond acceptors (Lipinski definition) is 5. The maximum atomic E-state index is 11.9. The molecule has 7 heteroatoms. The second-order valence-electron chi connectivity index (χ2n) is 4.01. The molecule has 0 saturated carbocycles. The summed E-state index contributed by atoms with van der Waals surface area (Å²) in [5, 5.41) is 11.4. The number of aliphatic carboxylic acids is 1. The zero-order valence-electron chi connectivity index (χ0n) is 9.89. The van der Waals surface area contributed by atoms with Crippen LogP contribution in [0.1, 0.15) is 6.92 Å². The Hall–Kier alpha value is -1.18. The number of rotatable bonds is 5. The summed E-state index contributed by atoms with van der Waals surface area (Å²) in [5.41, 5.74) is 5.34. The first-order valence-electron chi connectivity index (χ1n) is 5.60. The summed E-state index contributed by atoms with van der Waals surface area (Å²) in [6, 6.07) is -1.42. The second-order valence-corrected chi connectivity index (χ2v) is 4.01. The molecule has 1 aliphatic heterocycles. The molecule has 7 nitrogen and oxygen atoms in total. The topological polar surface area (TPSA) is 105 Å². The Morgan fingerprint density at radius 2 is 2.06 bits per heavy atom. The predicted molar refractivity (Wildman–Crippen MR) is 60.5 cm³/mol. The van der Waals surface area contributed by atoms with Gasteiger partial charge in [-0.2, -0.15) is 0 Å². The second kappa shape index (κ2) is 6.53. The van der Waals surface area contributed by atoms with Crippen LogP contribution in [0.5, 0.6) is 0 Å². The van der Waals surface area contributed by atoms with Crippen molar-refractivity contribution in [2.24, 2.45) is 5.73 Å². The van der Waals surface area contributed by atoms with Gasteiger partial charge in [-0.1, -0.05) is 0 Å². The number of carbonyl (C=O) groups is 2. The van der Waals surface area contributed by atoms with Crippen LogP contribution in [0.4, 0.5) is 0 Å². The number of nitrogens with two attached hydrogens (primary N) is 1. The number of ether oxygens (including phenoxy) is 1. The Kier molecular flexibility index (Phi) is 5.33. The molecule has 1 rings (SSSR count). The maximum Gasteiger partial charge on any atom is 0.321 e. The van der Waals surface area contributed by atoms with E-state index in [4.69, 9.17) is 15.6 Å². The number of amides is 1. The van der Waals surface area contributed by atoms with Crippen LogP contribution in [0, 0.1) is 0 Å². The van der Waals surface area contributed by atoms with Gasteiger partial charge in [0, 0.05) is 19.6 Å². The molecule has 2 unspecified atom stereocenters. The third-order valence-corrected chi connectivity index (χ3v) is 2.65. The smallest absolute Gasteiger partial charge is 0.321 e. The van der Waals surface area contributed by atoms with E-state index in [2.05, 4.69) is 5.32 Å². The molecule has 1 aliphatic rings. The third-order valence-electron chi connectivity index (χ3n) is 2.65. The highest BCUT2D eigenvalue weighted by molar-refractivity contribution is 5.81. The zero-order valence-corrected chi connectivity index (χ0v) is 9.89. The molecule has 4 N–H and O–H groups in total. The van der Waals surface area contributed by atoms with Crippen LogP contribution in [0.25, 0.3) is 0 Å². The van der Waals surface area contributed by atoms with Crippen molar-refractivity contribution in [1.82, 2.24) is 10.2 Å². The number of nitrogens with one attached hydrogen (secondary N) is 1. The lowest BCUT2D eigenvalue weighted by Gasteiger charge is -2.29. The van der Waals surface area contributed by atoms with Gasteiger partial charge in [0.05, 0.1) is 19.3 Å². The quantitative estimate of drug-likeness (QED) is 0.530. The van der Waals surface area contributed by atoms with Crippen LogP contribution in [0.15, 0.2) is 0 Å². The third kappa shape index (κ3) is 4.29. The normalized spacial score (nSPS) is 19.8. The van der Waals surface area contributed by atoms with Gasteiger partial charge >= 0.3 is 5.97 Å². The first kappa shape index (κ1) is 13.9. The van der Waals surface area contributed by atoms with Crippen molar-refractivity contribution in [2.75, 3.05) is 32.8 Å². The average molecular weight is 245 g/mol. The van der Waals surface area contributed by atoms with E-state index in [0.29, 0.717) is 26.3 Å². The van der Waals surface area contributed by atoms with E-state index in [1.165, 1.54) is 0 Å². The van der Waals surface area contributed by atoms with Gasteiger partial charge in [-0.15, -0.1) is 0 Å². The Balaban J connectivity index is 2.33. The van der Waals surface area contributed by atoms with Crippen LogP contribution in [-0.2, 0) is 14.3 Å². The fourth-order valence-corrected chi connectivity index (χ4v) is 1.54. The Morgan fingerprint density at radius 1 is 1.47 bits per heavy atom. The SMILES string of the molecule is CC(NCC(N)C(=O)O)C(=O)N1CCOCC1. The predicted octanol–water partition coefficient (Wildman–Crippen LogP) is -1.76. The zero-order chi connectivity index (χ0) is 12.8. The van der Waals surface area contributed by atoms with Crippen LogP contribution in [-0.4, -0.2) is 66.8 Å². The molecule has 0 aromatic rings. The number of carbonyl (C=O) groups excluding carboxylic acids is 1. The Labute approximate surface area is 99.9 Å². The van der Waals surface area contributed by atoms with Gasteiger partial charge in [0.1, 0.15) is 6.04 Å². The summed E-state index contributed by atoms with van der Waals surface area (Å²) in [6.07, 6.45) is 0. The first-order chi connectivity index (χ1) is 8.02. The van der Waals surface area contributed by atoms with Crippen molar-refractivity contribution in [2.45, 2.75) is 19.0 Å². The van der Waals surface area contributed by atoms with Gasteiger partial charge in [-0.3, -0.25) is 9.59 Å². The molecule has 1 saturated heterocycles. The van der Waals surface area contributed by atoms with Gasteiger partial charge in [0.15, 0.2) is 0 Å². The first-order valence-corrected chi connectivity index (χ1v) is 5.60. The van der Waals surface area contributed by atoms with Crippen molar-refractivity contribution in [3.63, 3.8) is 0 Å². The van der Waals surface area contributed by atoms with Crippen LogP contribution in [0.3, 0.4) is 0 Å². The average Bonchev–Trinajstić information content (AvgIpc) is 2.35.